The molecule has 2 rings (SSSR count). The minimum Gasteiger partial charge on any atom is -0.504 e. The van der Waals surface area contributed by atoms with Gasteiger partial charge in [-0.2, -0.15) is 18.3 Å². The molecule has 0 saturated heterocycles. The van der Waals surface area contributed by atoms with E-state index in [0.717, 1.165) is 12.3 Å². The smallest absolute Gasteiger partial charge is 0.417 e. The molecule has 2 N–H and O–H groups in total. The number of phenolic OH excluding ortho intramolecular Hbond substituents is 1. The molecule has 1 aromatic heterocycles. The first kappa shape index (κ1) is 15.6. The average Bonchev–Trinajstić information content (AvgIpc) is 2.48. The summed E-state index contributed by atoms with van der Waals surface area (Å²) in [6.45, 7) is 0. The minimum atomic E-state index is -4.42. The number of alkyl halides is 3. The van der Waals surface area contributed by atoms with E-state index in [4.69, 9.17) is 4.74 Å². The monoisotopic (exact) mass is 311 g/mol. The van der Waals surface area contributed by atoms with Crippen molar-refractivity contribution in [1.29, 1.82) is 0 Å². The van der Waals surface area contributed by atoms with Gasteiger partial charge in [-0.05, 0) is 35.9 Å². The predicted octanol–water partition coefficient (Wildman–Crippen LogP) is 3.26. The molecule has 5 nitrogen and oxygen atoms in total. The molecule has 0 aliphatic rings. The van der Waals surface area contributed by atoms with Crippen LogP contribution in [0.2, 0.25) is 0 Å². The first-order chi connectivity index (χ1) is 10.4. The van der Waals surface area contributed by atoms with Gasteiger partial charge in [0.05, 0.1) is 18.9 Å². The third-order valence-corrected chi connectivity index (χ3v) is 2.69. The molecule has 22 heavy (non-hydrogen) atoms. The Morgan fingerprint density at radius 1 is 1.27 bits per heavy atom. The van der Waals surface area contributed by atoms with Crippen LogP contribution in [0.3, 0.4) is 0 Å². The molecule has 0 unspecified atom stereocenters. The molecule has 0 saturated carbocycles. The number of aromatic nitrogens is 1. The van der Waals surface area contributed by atoms with Crippen LogP contribution in [-0.2, 0) is 6.18 Å². The molecule has 0 aliphatic carbocycles. The summed E-state index contributed by atoms with van der Waals surface area (Å²) in [5.74, 6) is 0.462. The summed E-state index contributed by atoms with van der Waals surface area (Å²) >= 11 is 0. The van der Waals surface area contributed by atoms with Crippen LogP contribution in [0.25, 0.3) is 0 Å². The van der Waals surface area contributed by atoms with Crippen molar-refractivity contribution in [2.45, 2.75) is 6.18 Å². The SMILES string of the molecule is COc1cc(C=NNc2ccc(C(F)(F)F)cn2)ccc1O. The van der Waals surface area contributed by atoms with E-state index >= 15 is 0 Å². The van der Waals surface area contributed by atoms with E-state index in [1.807, 2.05) is 0 Å². The second-order valence-corrected chi connectivity index (χ2v) is 4.23. The number of hydrogen-bond donors (Lipinski definition) is 2. The lowest BCUT2D eigenvalue weighted by molar-refractivity contribution is -0.137. The van der Waals surface area contributed by atoms with Crippen molar-refractivity contribution in [3.63, 3.8) is 0 Å². The highest BCUT2D eigenvalue weighted by Gasteiger charge is 2.30. The fraction of sp³-hybridized carbons (Fsp3) is 0.143. The Labute approximate surface area is 124 Å². The Hall–Kier alpha value is -2.77. The van der Waals surface area contributed by atoms with Gasteiger partial charge in [-0.15, -0.1) is 0 Å². The second kappa shape index (κ2) is 6.33. The summed E-state index contributed by atoms with van der Waals surface area (Å²) in [4.78, 5) is 3.61. The van der Waals surface area contributed by atoms with E-state index < -0.39 is 11.7 Å². The number of nitrogens with zero attached hydrogens (tertiary/aromatic N) is 2. The molecule has 0 radical (unpaired) electrons. The largest absolute Gasteiger partial charge is 0.504 e. The van der Waals surface area contributed by atoms with E-state index in [2.05, 4.69) is 15.5 Å². The lowest BCUT2D eigenvalue weighted by Crippen LogP contribution is -2.05. The fourth-order valence-corrected chi connectivity index (χ4v) is 1.58. The zero-order chi connectivity index (χ0) is 16.2. The van der Waals surface area contributed by atoms with E-state index in [0.29, 0.717) is 5.56 Å². The number of hydrogen-bond acceptors (Lipinski definition) is 5. The van der Waals surface area contributed by atoms with Gasteiger partial charge in [-0.25, -0.2) is 4.98 Å². The molecular formula is C14H12F3N3O2. The molecule has 0 fully saturated rings. The highest BCUT2D eigenvalue weighted by atomic mass is 19.4. The fourth-order valence-electron chi connectivity index (χ4n) is 1.58. The Balaban J connectivity index is 2.03. The van der Waals surface area contributed by atoms with Crippen LogP contribution < -0.4 is 10.2 Å². The van der Waals surface area contributed by atoms with Crippen molar-refractivity contribution in [2.75, 3.05) is 12.5 Å². The molecule has 1 heterocycles. The number of hydrazone groups is 1. The molecule has 0 bridgehead atoms. The number of ether oxygens (including phenoxy) is 1. The average molecular weight is 311 g/mol. The maximum absolute atomic E-state index is 12.4. The molecule has 8 heteroatoms. The number of methoxy groups -OCH3 is 1. The van der Waals surface area contributed by atoms with Crippen LogP contribution in [0.4, 0.5) is 19.0 Å². The molecular weight excluding hydrogens is 299 g/mol. The van der Waals surface area contributed by atoms with E-state index in [1.54, 1.807) is 12.1 Å². The predicted molar refractivity (Wildman–Crippen MR) is 75.1 cm³/mol. The van der Waals surface area contributed by atoms with Gasteiger partial charge in [0, 0.05) is 6.20 Å². The van der Waals surface area contributed by atoms with Gasteiger partial charge in [0.15, 0.2) is 11.5 Å². The number of aromatic hydroxyl groups is 1. The van der Waals surface area contributed by atoms with Crippen LogP contribution >= 0.6 is 0 Å². The van der Waals surface area contributed by atoms with Gasteiger partial charge in [0.1, 0.15) is 5.82 Å². The van der Waals surface area contributed by atoms with Gasteiger partial charge in [0.25, 0.3) is 0 Å². The first-order valence-electron chi connectivity index (χ1n) is 6.09. The number of rotatable bonds is 4. The number of benzene rings is 1. The summed E-state index contributed by atoms with van der Waals surface area (Å²) in [5, 5.41) is 13.3. The maximum atomic E-state index is 12.4. The zero-order valence-corrected chi connectivity index (χ0v) is 11.4. The van der Waals surface area contributed by atoms with Crippen LogP contribution in [0.15, 0.2) is 41.6 Å². The molecule has 2 aromatic rings. The van der Waals surface area contributed by atoms with Crippen molar-refractivity contribution >= 4 is 12.0 Å². The lowest BCUT2D eigenvalue weighted by atomic mass is 10.2. The summed E-state index contributed by atoms with van der Waals surface area (Å²) in [5.41, 5.74) is 2.32. The lowest BCUT2D eigenvalue weighted by Gasteiger charge is -2.06. The standard InChI is InChI=1S/C14H12F3N3O2/c1-22-12-6-9(2-4-11(12)21)7-19-20-13-5-3-10(8-18-13)14(15,16)17/h2-8,21H,1H3,(H,18,20). The van der Waals surface area contributed by atoms with Crippen molar-refractivity contribution in [3.8, 4) is 11.5 Å². The first-order valence-corrected chi connectivity index (χ1v) is 6.09. The Kier molecular flexibility index (Phi) is 4.50. The highest BCUT2D eigenvalue weighted by molar-refractivity contribution is 5.81. The van der Waals surface area contributed by atoms with Crippen LogP contribution in [0.1, 0.15) is 11.1 Å². The molecule has 1 aromatic carbocycles. The van der Waals surface area contributed by atoms with Crippen LogP contribution in [-0.4, -0.2) is 23.4 Å². The minimum absolute atomic E-state index is 0.00276. The Bertz CT molecular complexity index is 670. The topological polar surface area (TPSA) is 66.7 Å². The molecule has 116 valence electrons. The van der Waals surface area contributed by atoms with E-state index in [9.17, 15) is 18.3 Å². The van der Waals surface area contributed by atoms with Gasteiger partial charge >= 0.3 is 6.18 Å². The summed E-state index contributed by atoms with van der Waals surface area (Å²) in [7, 11) is 1.42. The van der Waals surface area contributed by atoms with Crippen LogP contribution in [0.5, 0.6) is 11.5 Å². The summed E-state index contributed by atoms with van der Waals surface area (Å²) < 4.78 is 42.1. The van der Waals surface area contributed by atoms with Crippen LogP contribution in [0, 0.1) is 0 Å². The number of anilines is 1. The van der Waals surface area contributed by atoms with Gasteiger partial charge < -0.3 is 9.84 Å². The van der Waals surface area contributed by atoms with Gasteiger partial charge in [0.2, 0.25) is 0 Å². The zero-order valence-electron chi connectivity index (χ0n) is 11.4. The van der Waals surface area contributed by atoms with Crippen molar-refractivity contribution in [2.24, 2.45) is 5.10 Å². The maximum Gasteiger partial charge on any atom is 0.417 e. The van der Waals surface area contributed by atoms with Gasteiger partial charge in [-0.1, -0.05) is 0 Å². The van der Waals surface area contributed by atoms with Gasteiger partial charge in [-0.3, -0.25) is 5.43 Å². The molecule has 0 aliphatic heterocycles. The number of phenols is 1. The molecule has 0 atom stereocenters. The molecule has 0 spiro atoms. The third-order valence-electron chi connectivity index (χ3n) is 2.69. The Morgan fingerprint density at radius 2 is 2.05 bits per heavy atom. The summed E-state index contributed by atoms with van der Waals surface area (Å²) in [6, 6.07) is 6.69. The Morgan fingerprint density at radius 3 is 2.64 bits per heavy atom. The van der Waals surface area contributed by atoms with E-state index in [-0.39, 0.29) is 17.3 Å². The highest BCUT2D eigenvalue weighted by Crippen LogP contribution is 2.29. The van der Waals surface area contributed by atoms with Crippen molar-refractivity contribution < 1.29 is 23.0 Å². The van der Waals surface area contributed by atoms with Crippen molar-refractivity contribution in [1.82, 2.24) is 4.98 Å². The second-order valence-electron chi connectivity index (χ2n) is 4.23. The number of nitrogens with one attached hydrogen (secondary N) is 1. The normalized spacial score (nSPS) is 11.6. The van der Waals surface area contributed by atoms with E-state index in [1.165, 1.54) is 25.5 Å². The quantitative estimate of drug-likeness (QED) is 0.672. The summed E-state index contributed by atoms with van der Waals surface area (Å²) in [6.07, 6.45) is -2.28. The number of pyridine rings is 1. The number of halogens is 3. The molecule has 0 amide bonds. The third kappa shape index (κ3) is 3.87. The van der Waals surface area contributed by atoms with Crippen molar-refractivity contribution in [3.05, 3.63) is 47.7 Å².